The van der Waals surface area contributed by atoms with Crippen molar-refractivity contribution < 1.29 is 4.79 Å². The molecule has 2 aromatic heterocycles. The lowest BCUT2D eigenvalue weighted by molar-refractivity contribution is 0.103. The van der Waals surface area contributed by atoms with Crippen LogP contribution in [0.25, 0.3) is 16.0 Å². The van der Waals surface area contributed by atoms with E-state index >= 15 is 0 Å². The average Bonchev–Trinajstić information content (AvgIpc) is 2.92. The van der Waals surface area contributed by atoms with Gasteiger partial charge in [-0.25, -0.2) is 4.98 Å². The summed E-state index contributed by atoms with van der Waals surface area (Å²) in [7, 11) is 0. The number of hydrogen-bond donors (Lipinski definition) is 1. The summed E-state index contributed by atoms with van der Waals surface area (Å²) in [5, 5.41) is 2.86. The molecule has 0 saturated heterocycles. The summed E-state index contributed by atoms with van der Waals surface area (Å²) in [6, 6.07) is 14.6. The SMILES string of the molecule is Cc1cc(C)cc(NC(=O)c2cc(=O)n3c(nc4ccccc43)s2)c1. The van der Waals surface area contributed by atoms with Crippen molar-refractivity contribution in [3.63, 3.8) is 0 Å². The predicted molar refractivity (Wildman–Crippen MR) is 101 cm³/mol. The van der Waals surface area contributed by atoms with Crippen molar-refractivity contribution in [1.29, 1.82) is 0 Å². The van der Waals surface area contributed by atoms with E-state index in [1.165, 1.54) is 21.8 Å². The lowest BCUT2D eigenvalue weighted by Gasteiger charge is -2.07. The molecule has 0 aliphatic carbocycles. The number of aryl methyl sites for hydroxylation is 2. The first-order valence-corrected chi connectivity index (χ1v) is 8.64. The van der Waals surface area contributed by atoms with E-state index in [1.54, 1.807) is 0 Å². The number of fused-ring (bicyclic) bond motifs is 3. The van der Waals surface area contributed by atoms with Crippen LogP contribution in [0.3, 0.4) is 0 Å². The van der Waals surface area contributed by atoms with Gasteiger partial charge < -0.3 is 5.32 Å². The Kier molecular flexibility index (Phi) is 3.62. The molecule has 0 aliphatic rings. The molecule has 0 fully saturated rings. The number of rotatable bonds is 2. The van der Waals surface area contributed by atoms with Crippen molar-refractivity contribution >= 4 is 38.9 Å². The standard InChI is InChI=1S/C19H15N3O2S/c1-11-7-12(2)9-13(8-11)20-18(24)16-10-17(23)22-15-6-4-3-5-14(15)21-19(22)25-16/h3-10H,1-2H3,(H,20,24). The van der Waals surface area contributed by atoms with E-state index in [2.05, 4.69) is 10.3 Å². The van der Waals surface area contributed by atoms with Crippen LogP contribution in [0.15, 0.2) is 53.3 Å². The minimum atomic E-state index is -0.304. The van der Waals surface area contributed by atoms with Crippen LogP contribution in [0.4, 0.5) is 5.69 Å². The van der Waals surface area contributed by atoms with E-state index in [9.17, 15) is 9.59 Å². The van der Waals surface area contributed by atoms with Gasteiger partial charge in [0, 0.05) is 11.8 Å². The second-order valence-electron chi connectivity index (χ2n) is 6.00. The van der Waals surface area contributed by atoms with Crippen LogP contribution < -0.4 is 10.9 Å². The number of imidazole rings is 1. The largest absolute Gasteiger partial charge is 0.321 e. The maximum Gasteiger partial charge on any atom is 0.266 e. The summed E-state index contributed by atoms with van der Waals surface area (Å²) in [6.45, 7) is 3.95. The third kappa shape index (κ3) is 2.81. The van der Waals surface area contributed by atoms with E-state index < -0.39 is 0 Å². The molecule has 0 atom stereocenters. The second-order valence-corrected chi connectivity index (χ2v) is 7.01. The molecule has 0 aliphatic heterocycles. The summed E-state index contributed by atoms with van der Waals surface area (Å²) >= 11 is 1.20. The highest BCUT2D eigenvalue weighted by molar-refractivity contribution is 7.18. The molecule has 4 rings (SSSR count). The number of aromatic nitrogens is 2. The summed E-state index contributed by atoms with van der Waals surface area (Å²) < 4.78 is 1.54. The molecule has 25 heavy (non-hydrogen) atoms. The maximum atomic E-state index is 12.6. The molecular weight excluding hydrogens is 334 g/mol. The van der Waals surface area contributed by atoms with Gasteiger partial charge in [0.2, 0.25) is 0 Å². The highest BCUT2D eigenvalue weighted by Crippen LogP contribution is 2.21. The van der Waals surface area contributed by atoms with Crippen LogP contribution in [0.1, 0.15) is 20.8 Å². The zero-order valence-electron chi connectivity index (χ0n) is 13.7. The van der Waals surface area contributed by atoms with Gasteiger partial charge in [0.25, 0.3) is 11.5 Å². The number of nitrogens with zero attached hydrogens (tertiary/aromatic N) is 2. The van der Waals surface area contributed by atoms with Gasteiger partial charge in [-0.3, -0.25) is 14.0 Å². The highest BCUT2D eigenvalue weighted by Gasteiger charge is 2.14. The summed E-state index contributed by atoms with van der Waals surface area (Å²) in [5.41, 5.74) is 4.09. The van der Waals surface area contributed by atoms with E-state index in [-0.39, 0.29) is 11.5 Å². The lowest BCUT2D eigenvalue weighted by atomic mass is 10.1. The molecule has 0 spiro atoms. The van der Waals surface area contributed by atoms with E-state index in [4.69, 9.17) is 0 Å². The van der Waals surface area contributed by atoms with Gasteiger partial charge in [-0.2, -0.15) is 0 Å². The zero-order valence-corrected chi connectivity index (χ0v) is 14.6. The smallest absolute Gasteiger partial charge is 0.266 e. The summed E-state index contributed by atoms with van der Waals surface area (Å²) in [4.78, 5) is 30.4. The number of carbonyl (C=O) groups excluding carboxylic acids is 1. The number of carbonyl (C=O) groups is 1. The first kappa shape index (κ1) is 15.5. The molecule has 0 radical (unpaired) electrons. The molecule has 1 N–H and O–H groups in total. The van der Waals surface area contributed by atoms with Crippen LogP contribution in [0.2, 0.25) is 0 Å². The number of benzene rings is 2. The van der Waals surface area contributed by atoms with Gasteiger partial charge in [0.05, 0.1) is 11.0 Å². The molecule has 0 saturated carbocycles. The minimum absolute atomic E-state index is 0.256. The van der Waals surface area contributed by atoms with E-state index in [0.29, 0.717) is 9.84 Å². The van der Waals surface area contributed by atoms with Crippen LogP contribution in [-0.2, 0) is 0 Å². The Morgan fingerprint density at radius 2 is 1.80 bits per heavy atom. The molecule has 124 valence electrons. The van der Waals surface area contributed by atoms with Gasteiger partial charge in [0.1, 0.15) is 4.88 Å². The average molecular weight is 349 g/mol. The van der Waals surface area contributed by atoms with Crippen molar-refractivity contribution in [2.75, 3.05) is 5.32 Å². The number of anilines is 1. The molecule has 0 bridgehead atoms. The first-order chi connectivity index (χ1) is 12.0. The fourth-order valence-electron chi connectivity index (χ4n) is 2.94. The monoisotopic (exact) mass is 349 g/mol. The van der Waals surface area contributed by atoms with Crippen molar-refractivity contribution in [2.24, 2.45) is 0 Å². The second kappa shape index (κ2) is 5.82. The number of para-hydroxylation sites is 2. The normalized spacial score (nSPS) is 11.1. The quantitative estimate of drug-likeness (QED) is 0.599. The van der Waals surface area contributed by atoms with Crippen LogP contribution in [-0.4, -0.2) is 15.3 Å². The number of amides is 1. The Morgan fingerprint density at radius 3 is 2.56 bits per heavy atom. The van der Waals surface area contributed by atoms with Gasteiger partial charge in [-0.15, -0.1) is 0 Å². The van der Waals surface area contributed by atoms with Crippen molar-refractivity contribution in [2.45, 2.75) is 13.8 Å². The Hall–Kier alpha value is -2.99. The molecule has 1 amide bonds. The molecule has 4 aromatic rings. The molecule has 0 unspecified atom stereocenters. The fourth-order valence-corrected chi connectivity index (χ4v) is 3.87. The van der Waals surface area contributed by atoms with Crippen molar-refractivity contribution in [3.8, 4) is 0 Å². The molecule has 5 nitrogen and oxygen atoms in total. The molecular formula is C19H15N3O2S. The maximum absolute atomic E-state index is 12.6. The molecule has 2 aromatic carbocycles. The molecule has 2 heterocycles. The van der Waals surface area contributed by atoms with Gasteiger partial charge >= 0.3 is 0 Å². The van der Waals surface area contributed by atoms with Gasteiger partial charge in [-0.1, -0.05) is 29.5 Å². The molecule has 6 heteroatoms. The fraction of sp³-hybridized carbons (Fsp3) is 0.105. The minimum Gasteiger partial charge on any atom is -0.321 e. The lowest BCUT2D eigenvalue weighted by Crippen LogP contribution is -2.17. The Morgan fingerprint density at radius 1 is 1.08 bits per heavy atom. The summed E-state index contributed by atoms with van der Waals surface area (Å²) in [5.74, 6) is -0.304. The Labute approximate surface area is 147 Å². The summed E-state index contributed by atoms with van der Waals surface area (Å²) in [6.07, 6.45) is 0. The van der Waals surface area contributed by atoms with E-state index in [1.807, 2.05) is 56.3 Å². The van der Waals surface area contributed by atoms with Gasteiger partial charge in [-0.05, 0) is 49.2 Å². The Bertz CT molecular complexity index is 1170. The van der Waals surface area contributed by atoms with E-state index in [0.717, 1.165) is 27.8 Å². The number of nitrogens with one attached hydrogen (secondary N) is 1. The van der Waals surface area contributed by atoms with Crippen molar-refractivity contribution in [1.82, 2.24) is 9.38 Å². The van der Waals surface area contributed by atoms with Crippen LogP contribution in [0, 0.1) is 13.8 Å². The number of hydrogen-bond acceptors (Lipinski definition) is 4. The first-order valence-electron chi connectivity index (χ1n) is 7.82. The highest BCUT2D eigenvalue weighted by atomic mass is 32.1. The Balaban J connectivity index is 1.77. The predicted octanol–water partition coefficient (Wildman–Crippen LogP) is 3.78. The van der Waals surface area contributed by atoms with Crippen molar-refractivity contribution in [3.05, 3.63) is 74.9 Å². The van der Waals surface area contributed by atoms with Crippen LogP contribution in [0.5, 0.6) is 0 Å². The topological polar surface area (TPSA) is 63.5 Å². The van der Waals surface area contributed by atoms with Gasteiger partial charge in [0.15, 0.2) is 4.96 Å². The third-order valence-corrected chi connectivity index (χ3v) is 4.89. The third-order valence-electron chi connectivity index (χ3n) is 3.91. The van der Waals surface area contributed by atoms with Crippen LogP contribution >= 0.6 is 11.3 Å². The zero-order chi connectivity index (χ0) is 17.6.